The van der Waals surface area contributed by atoms with Crippen LogP contribution in [0.3, 0.4) is 0 Å². The van der Waals surface area contributed by atoms with Gasteiger partial charge < -0.3 is 20.1 Å². The number of hydrogen-bond donors (Lipinski definition) is 2. The summed E-state index contributed by atoms with van der Waals surface area (Å²) < 4.78 is 11.4. The van der Waals surface area contributed by atoms with E-state index in [1.165, 1.54) is 16.9 Å². The Bertz CT molecular complexity index is 844. The van der Waals surface area contributed by atoms with Crippen LogP contribution in [0.25, 0.3) is 0 Å². The van der Waals surface area contributed by atoms with Gasteiger partial charge in [0.25, 0.3) is 5.91 Å². The first-order valence-electron chi connectivity index (χ1n) is 9.65. The zero-order valence-corrected chi connectivity index (χ0v) is 16.5. The second-order valence-electron chi connectivity index (χ2n) is 7.28. The highest BCUT2D eigenvalue weighted by Gasteiger charge is 2.36. The van der Waals surface area contributed by atoms with Crippen LogP contribution in [0.1, 0.15) is 40.9 Å². The first kappa shape index (κ1) is 18.8. The third-order valence-electron chi connectivity index (χ3n) is 5.49. The van der Waals surface area contributed by atoms with E-state index >= 15 is 0 Å². The molecular weight excluding hydrogens is 376 g/mol. The monoisotopic (exact) mass is 400 g/mol. The average Bonchev–Trinajstić information content (AvgIpc) is 3.43. The predicted molar refractivity (Wildman–Crippen MR) is 107 cm³/mol. The Labute approximate surface area is 168 Å². The van der Waals surface area contributed by atoms with Crippen LogP contribution in [0.5, 0.6) is 11.5 Å². The zero-order chi connectivity index (χ0) is 19.4. The highest BCUT2D eigenvalue weighted by atomic mass is 32.1. The van der Waals surface area contributed by atoms with Crippen LogP contribution < -0.4 is 20.1 Å². The number of thiophene rings is 1. The van der Waals surface area contributed by atoms with Crippen molar-refractivity contribution in [3.05, 3.63) is 46.2 Å². The standard InChI is InChI=1S/C21H24N2O4S/c24-19(13-22-20(25)18-4-3-11-28-18)23-14-21(7-1-2-8-21)15-5-6-16-17(12-15)27-10-9-26-16/h3-6,11-12H,1-2,7-10,13-14H2,(H,22,25)(H,23,24). The number of benzene rings is 1. The minimum absolute atomic E-state index is 0.0199. The van der Waals surface area contributed by atoms with Crippen LogP contribution in [0.4, 0.5) is 0 Å². The molecule has 0 saturated heterocycles. The molecule has 0 unspecified atom stereocenters. The number of nitrogens with one attached hydrogen (secondary N) is 2. The summed E-state index contributed by atoms with van der Waals surface area (Å²) in [6.45, 7) is 1.67. The van der Waals surface area contributed by atoms with Gasteiger partial charge >= 0.3 is 0 Å². The summed E-state index contributed by atoms with van der Waals surface area (Å²) in [4.78, 5) is 24.9. The first-order chi connectivity index (χ1) is 13.7. The molecule has 2 amide bonds. The van der Waals surface area contributed by atoms with Crippen molar-refractivity contribution >= 4 is 23.2 Å². The molecule has 4 rings (SSSR count). The molecule has 0 spiro atoms. The molecule has 148 valence electrons. The summed E-state index contributed by atoms with van der Waals surface area (Å²) in [6.07, 6.45) is 4.32. The molecule has 0 bridgehead atoms. The van der Waals surface area contributed by atoms with Crippen molar-refractivity contribution in [3.63, 3.8) is 0 Å². The molecule has 1 saturated carbocycles. The number of hydrogen-bond acceptors (Lipinski definition) is 5. The minimum Gasteiger partial charge on any atom is -0.486 e. The van der Waals surface area contributed by atoms with Crippen LogP contribution in [0.15, 0.2) is 35.7 Å². The van der Waals surface area contributed by atoms with Crippen molar-refractivity contribution in [2.24, 2.45) is 0 Å². The molecule has 0 atom stereocenters. The lowest BCUT2D eigenvalue weighted by Crippen LogP contribution is -2.43. The molecule has 0 radical (unpaired) electrons. The SMILES string of the molecule is O=C(CNC(=O)c1cccs1)NCC1(c2ccc3c(c2)OCCO3)CCCC1. The molecule has 2 N–H and O–H groups in total. The van der Waals surface area contributed by atoms with Gasteiger partial charge in [-0.25, -0.2) is 0 Å². The van der Waals surface area contributed by atoms with Crippen LogP contribution in [0.2, 0.25) is 0 Å². The second kappa shape index (κ2) is 8.22. The number of ether oxygens (including phenoxy) is 2. The van der Waals surface area contributed by atoms with Gasteiger partial charge in [0.1, 0.15) is 13.2 Å². The quantitative estimate of drug-likeness (QED) is 0.782. The van der Waals surface area contributed by atoms with E-state index < -0.39 is 0 Å². The molecule has 28 heavy (non-hydrogen) atoms. The van der Waals surface area contributed by atoms with Crippen LogP contribution >= 0.6 is 11.3 Å². The minimum atomic E-state index is -0.215. The molecule has 7 heteroatoms. The summed E-state index contributed by atoms with van der Waals surface area (Å²) >= 11 is 1.36. The molecule has 2 heterocycles. The Morgan fingerprint density at radius 2 is 1.82 bits per heavy atom. The van der Waals surface area contributed by atoms with E-state index in [-0.39, 0.29) is 23.8 Å². The van der Waals surface area contributed by atoms with Gasteiger partial charge in [0.15, 0.2) is 11.5 Å². The van der Waals surface area contributed by atoms with E-state index in [4.69, 9.17) is 9.47 Å². The summed E-state index contributed by atoms with van der Waals surface area (Å²) in [6, 6.07) is 9.67. The van der Waals surface area contributed by atoms with Crippen molar-refractivity contribution < 1.29 is 19.1 Å². The molecule has 2 aromatic rings. The van der Waals surface area contributed by atoms with Gasteiger partial charge in [0, 0.05) is 12.0 Å². The molecule has 1 aromatic heterocycles. The highest BCUT2D eigenvalue weighted by Crippen LogP contribution is 2.43. The van der Waals surface area contributed by atoms with Gasteiger partial charge in [-0.3, -0.25) is 9.59 Å². The summed E-state index contributed by atoms with van der Waals surface area (Å²) in [5.74, 6) is 1.18. The number of carbonyl (C=O) groups is 2. The van der Waals surface area contributed by atoms with Crippen LogP contribution in [-0.4, -0.2) is 38.1 Å². The maximum atomic E-state index is 12.3. The van der Waals surface area contributed by atoms with E-state index in [0.29, 0.717) is 24.6 Å². The normalized spacial score (nSPS) is 17.1. The predicted octanol–water partition coefficient (Wildman–Crippen LogP) is 2.88. The molecular formula is C21H24N2O4S. The second-order valence-corrected chi connectivity index (χ2v) is 8.23. The summed E-state index contributed by atoms with van der Waals surface area (Å²) in [7, 11) is 0. The van der Waals surface area contributed by atoms with Crippen molar-refractivity contribution in [2.75, 3.05) is 26.3 Å². The molecule has 1 aromatic carbocycles. The third kappa shape index (κ3) is 3.99. The maximum Gasteiger partial charge on any atom is 0.261 e. The van der Waals surface area contributed by atoms with Crippen molar-refractivity contribution in [2.45, 2.75) is 31.1 Å². The Hall–Kier alpha value is -2.54. The lowest BCUT2D eigenvalue weighted by atomic mass is 9.78. The van der Waals surface area contributed by atoms with Crippen LogP contribution in [0, 0.1) is 0 Å². The smallest absolute Gasteiger partial charge is 0.261 e. The van der Waals surface area contributed by atoms with Gasteiger partial charge in [-0.1, -0.05) is 25.0 Å². The summed E-state index contributed by atoms with van der Waals surface area (Å²) in [5.41, 5.74) is 1.08. The lowest BCUT2D eigenvalue weighted by molar-refractivity contribution is -0.120. The van der Waals surface area contributed by atoms with Gasteiger partial charge in [-0.15, -0.1) is 11.3 Å². The van der Waals surface area contributed by atoms with E-state index in [0.717, 1.165) is 37.2 Å². The fourth-order valence-corrected chi connectivity index (χ4v) is 4.62. The van der Waals surface area contributed by atoms with E-state index in [2.05, 4.69) is 22.8 Å². The third-order valence-corrected chi connectivity index (χ3v) is 6.36. The van der Waals surface area contributed by atoms with E-state index in [9.17, 15) is 9.59 Å². The average molecular weight is 401 g/mol. The Morgan fingerprint density at radius 3 is 2.57 bits per heavy atom. The van der Waals surface area contributed by atoms with E-state index in [1.54, 1.807) is 6.07 Å². The van der Waals surface area contributed by atoms with Gasteiger partial charge in [0.05, 0.1) is 11.4 Å². The number of rotatable bonds is 6. The fraction of sp³-hybridized carbons (Fsp3) is 0.429. The number of carbonyl (C=O) groups excluding carboxylic acids is 2. The zero-order valence-electron chi connectivity index (χ0n) is 15.7. The fourth-order valence-electron chi connectivity index (χ4n) is 3.98. The first-order valence-corrected chi connectivity index (χ1v) is 10.5. The van der Waals surface area contributed by atoms with Gasteiger partial charge in [-0.05, 0) is 42.0 Å². The van der Waals surface area contributed by atoms with E-state index in [1.807, 2.05) is 17.5 Å². The topological polar surface area (TPSA) is 76.7 Å². The van der Waals surface area contributed by atoms with Crippen molar-refractivity contribution in [1.82, 2.24) is 10.6 Å². The number of fused-ring (bicyclic) bond motifs is 1. The highest BCUT2D eigenvalue weighted by molar-refractivity contribution is 7.12. The molecule has 1 fully saturated rings. The summed E-state index contributed by atoms with van der Waals surface area (Å²) in [5, 5.41) is 7.54. The number of amides is 2. The molecule has 2 aliphatic rings. The molecule has 1 aliphatic carbocycles. The van der Waals surface area contributed by atoms with Gasteiger partial charge in [-0.2, -0.15) is 0 Å². The van der Waals surface area contributed by atoms with Crippen molar-refractivity contribution in [1.29, 1.82) is 0 Å². The van der Waals surface area contributed by atoms with Gasteiger partial charge in [0.2, 0.25) is 5.91 Å². The molecule has 1 aliphatic heterocycles. The largest absolute Gasteiger partial charge is 0.486 e. The van der Waals surface area contributed by atoms with Crippen molar-refractivity contribution in [3.8, 4) is 11.5 Å². The Kier molecular flexibility index (Phi) is 5.52. The van der Waals surface area contributed by atoms with Crippen LogP contribution in [-0.2, 0) is 10.2 Å². The molecule has 6 nitrogen and oxygen atoms in total. The Morgan fingerprint density at radius 1 is 1.04 bits per heavy atom. The Balaban J connectivity index is 1.38. The maximum absolute atomic E-state index is 12.3. The lowest BCUT2D eigenvalue weighted by Gasteiger charge is -2.31.